The van der Waals surface area contributed by atoms with Gasteiger partial charge >= 0.3 is 0 Å². The molecular formula is C11H14N2O3S. The smallest absolute Gasteiger partial charge is 0.252 e. The molecule has 0 saturated heterocycles. The SMILES string of the molecule is NS(=O)(=O)c1ccccc1C(=O)NCC1CC1. The molecule has 0 spiro atoms. The van der Waals surface area contributed by atoms with Gasteiger partial charge in [-0.1, -0.05) is 12.1 Å². The van der Waals surface area contributed by atoms with Crippen LogP contribution in [0.1, 0.15) is 23.2 Å². The lowest BCUT2D eigenvalue weighted by Crippen LogP contribution is -2.28. The van der Waals surface area contributed by atoms with Crippen molar-refractivity contribution in [3.8, 4) is 0 Å². The highest BCUT2D eigenvalue weighted by molar-refractivity contribution is 7.89. The number of nitrogens with one attached hydrogen (secondary N) is 1. The number of amides is 1. The van der Waals surface area contributed by atoms with E-state index in [2.05, 4.69) is 5.32 Å². The molecule has 0 bridgehead atoms. The van der Waals surface area contributed by atoms with Gasteiger partial charge in [-0.25, -0.2) is 13.6 Å². The Bertz CT molecular complexity index is 535. The van der Waals surface area contributed by atoms with Crippen molar-refractivity contribution in [2.24, 2.45) is 11.1 Å². The molecule has 1 aliphatic carbocycles. The van der Waals surface area contributed by atoms with Gasteiger partial charge in [0.25, 0.3) is 5.91 Å². The minimum atomic E-state index is -3.86. The van der Waals surface area contributed by atoms with Crippen molar-refractivity contribution in [3.05, 3.63) is 29.8 Å². The third kappa shape index (κ3) is 3.04. The van der Waals surface area contributed by atoms with Crippen molar-refractivity contribution < 1.29 is 13.2 Å². The fourth-order valence-corrected chi connectivity index (χ4v) is 2.29. The standard InChI is InChI=1S/C11H14N2O3S/c12-17(15,16)10-4-2-1-3-9(10)11(14)13-7-8-5-6-8/h1-4,8H,5-7H2,(H,13,14)(H2,12,15,16). The predicted molar refractivity (Wildman–Crippen MR) is 62.9 cm³/mol. The summed E-state index contributed by atoms with van der Waals surface area (Å²) in [6.07, 6.45) is 2.24. The predicted octanol–water partition coefficient (Wildman–Crippen LogP) is 0.474. The summed E-state index contributed by atoms with van der Waals surface area (Å²) in [4.78, 5) is 11.7. The Morgan fingerprint density at radius 2 is 2.00 bits per heavy atom. The molecule has 0 aliphatic heterocycles. The lowest BCUT2D eigenvalue weighted by atomic mass is 10.2. The van der Waals surface area contributed by atoms with Crippen LogP contribution in [-0.2, 0) is 10.0 Å². The molecule has 0 unspecified atom stereocenters. The summed E-state index contributed by atoms with van der Waals surface area (Å²) in [6, 6.07) is 5.95. The number of carbonyl (C=O) groups is 1. The first-order valence-electron chi connectivity index (χ1n) is 5.38. The zero-order valence-corrected chi connectivity index (χ0v) is 10.0. The summed E-state index contributed by atoms with van der Waals surface area (Å²) in [5, 5.41) is 7.77. The van der Waals surface area contributed by atoms with Gasteiger partial charge in [-0.15, -0.1) is 0 Å². The van der Waals surface area contributed by atoms with E-state index in [1.807, 2.05) is 0 Å². The molecule has 1 aromatic carbocycles. The normalized spacial score (nSPS) is 15.6. The van der Waals surface area contributed by atoms with Crippen molar-refractivity contribution in [1.29, 1.82) is 0 Å². The molecule has 0 heterocycles. The molecule has 1 saturated carbocycles. The second-order valence-electron chi connectivity index (χ2n) is 4.19. The van der Waals surface area contributed by atoms with Crippen LogP contribution in [0, 0.1) is 5.92 Å². The molecule has 1 aromatic rings. The first kappa shape index (κ1) is 12.1. The number of rotatable bonds is 4. The lowest BCUT2D eigenvalue weighted by Gasteiger charge is -2.07. The molecule has 17 heavy (non-hydrogen) atoms. The van der Waals surface area contributed by atoms with E-state index in [9.17, 15) is 13.2 Å². The quantitative estimate of drug-likeness (QED) is 0.818. The van der Waals surface area contributed by atoms with Gasteiger partial charge in [-0.05, 0) is 30.9 Å². The Balaban J connectivity index is 2.21. The fraction of sp³-hybridized carbons (Fsp3) is 0.364. The average Bonchev–Trinajstić information content (AvgIpc) is 3.08. The zero-order chi connectivity index (χ0) is 12.5. The Morgan fingerprint density at radius 3 is 2.59 bits per heavy atom. The number of sulfonamides is 1. The molecule has 1 aliphatic rings. The molecule has 1 amide bonds. The summed E-state index contributed by atoms with van der Waals surface area (Å²) < 4.78 is 22.6. The highest BCUT2D eigenvalue weighted by Crippen LogP contribution is 2.27. The summed E-state index contributed by atoms with van der Waals surface area (Å²) >= 11 is 0. The zero-order valence-electron chi connectivity index (χ0n) is 9.22. The Kier molecular flexibility index (Phi) is 3.17. The summed E-state index contributed by atoms with van der Waals surface area (Å²) in [5.74, 6) is 0.155. The van der Waals surface area contributed by atoms with Crippen LogP contribution in [0.5, 0.6) is 0 Å². The van der Waals surface area contributed by atoms with E-state index in [0.717, 1.165) is 12.8 Å². The van der Waals surface area contributed by atoms with Crippen molar-refractivity contribution in [1.82, 2.24) is 5.32 Å². The number of hydrogen-bond acceptors (Lipinski definition) is 3. The van der Waals surface area contributed by atoms with Gasteiger partial charge in [-0.3, -0.25) is 4.79 Å². The van der Waals surface area contributed by atoms with E-state index in [-0.39, 0.29) is 16.4 Å². The second-order valence-corrected chi connectivity index (χ2v) is 5.72. The molecule has 3 N–H and O–H groups in total. The third-order valence-electron chi connectivity index (χ3n) is 2.69. The number of carbonyl (C=O) groups excluding carboxylic acids is 1. The summed E-state index contributed by atoms with van der Waals surface area (Å²) in [7, 11) is -3.86. The molecule has 6 heteroatoms. The molecule has 0 atom stereocenters. The van der Waals surface area contributed by atoms with Crippen LogP contribution in [0.25, 0.3) is 0 Å². The molecule has 5 nitrogen and oxygen atoms in total. The highest BCUT2D eigenvalue weighted by atomic mass is 32.2. The maximum absolute atomic E-state index is 11.8. The van der Waals surface area contributed by atoms with E-state index < -0.39 is 10.0 Å². The van der Waals surface area contributed by atoms with Gasteiger partial charge in [0.1, 0.15) is 0 Å². The minimum Gasteiger partial charge on any atom is -0.352 e. The first-order valence-corrected chi connectivity index (χ1v) is 6.93. The van der Waals surface area contributed by atoms with Crippen LogP contribution in [-0.4, -0.2) is 20.9 Å². The molecule has 2 rings (SSSR count). The van der Waals surface area contributed by atoms with Crippen LogP contribution in [0.2, 0.25) is 0 Å². The average molecular weight is 254 g/mol. The first-order chi connectivity index (χ1) is 7.98. The molecule has 0 aromatic heterocycles. The van der Waals surface area contributed by atoms with Crippen LogP contribution < -0.4 is 10.5 Å². The largest absolute Gasteiger partial charge is 0.352 e. The highest BCUT2D eigenvalue weighted by Gasteiger charge is 2.23. The Hall–Kier alpha value is -1.40. The van der Waals surface area contributed by atoms with Crippen LogP contribution in [0.15, 0.2) is 29.2 Å². The van der Waals surface area contributed by atoms with Gasteiger partial charge in [0.15, 0.2) is 0 Å². The number of benzene rings is 1. The van der Waals surface area contributed by atoms with Crippen molar-refractivity contribution >= 4 is 15.9 Å². The minimum absolute atomic E-state index is 0.107. The molecular weight excluding hydrogens is 240 g/mol. The Morgan fingerprint density at radius 1 is 1.35 bits per heavy atom. The monoisotopic (exact) mass is 254 g/mol. The van der Waals surface area contributed by atoms with Gasteiger partial charge in [0.2, 0.25) is 10.0 Å². The number of hydrogen-bond donors (Lipinski definition) is 2. The summed E-state index contributed by atoms with van der Waals surface area (Å²) in [5.41, 5.74) is 0.107. The molecule has 92 valence electrons. The van der Waals surface area contributed by atoms with Gasteiger partial charge < -0.3 is 5.32 Å². The van der Waals surface area contributed by atoms with Crippen molar-refractivity contribution in [2.75, 3.05) is 6.54 Å². The van der Waals surface area contributed by atoms with Crippen LogP contribution >= 0.6 is 0 Å². The molecule has 1 fully saturated rings. The van der Waals surface area contributed by atoms with E-state index in [4.69, 9.17) is 5.14 Å². The summed E-state index contributed by atoms with van der Waals surface area (Å²) in [6.45, 7) is 0.595. The maximum atomic E-state index is 11.8. The van der Waals surface area contributed by atoms with Crippen molar-refractivity contribution in [2.45, 2.75) is 17.7 Å². The second kappa shape index (κ2) is 4.46. The third-order valence-corrected chi connectivity index (χ3v) is 3.66. The van der Waals surface area contributed by atoms with Crippen LogP contribution in [0.4, 0.5) is 0 Å². The van der Waals surface area contributed by atoms with E-state index in [1.165, 1.54) is 18.2 Å². The molecule has 0 radical (unpaired) electrons. The van der Waals surface area contributed by atoms with E-state index >= 15 is 0 Å². The van der Waals surface area contributed by atoms with Crippen molar-refractivity contribution in [3.63, 3.8) is 0 Å². The fourth-order valence-electron chi connectivity index (χ4n) is 1.56. The van der Waals surface area contributed by atoms with E-state index in [1.54, 1.807) is 6.07 Å². The van der Waals surface area contributed by atoms with E-state index in [0.29, 0.717) is 12.5 Å². The van der Waals surface area contributed by atoms with Gasteiger partial charge in [0, 0.05) is 6.54 Å². The lowest BCUT2D eigenvalue weighted by molar-refractivity contribution is 0.0948. The number of primary sulfonamides is 1. The maximum Gasteiger partial charge on any atom is 0.252 e. The Labute approximate surface area is 100 Å². The van der Waals surface area contributed by atoms with Gasteiger partial charge in [-0.2, -0.15) is 0 Å². The van der Waals surface area contributed by atoms with Gasteiger partial charge in [0.05, 0.1) is 10.5 Å². The van der Waals surface area contributed by atoms with Crippen LogP contribution in [0.3, 0.4) is 0 Å². The topological polar surface area (TPSA) is 89.3 Å². The number of nitrogens with two attached hydrogens (primary N) is 1.